The molecular formula is C32H30O4. The van der Waals surface area contributed by atoms with Crippen LogP contribution in [0.15, 0.2) is 97.1 Å². The zero-order valence-corrected chi connectivity index (χ0v) is 20.9. The lowest BCUT2D eigenvalue weighted by molar-refractivity contribution is 0.0681. The predicted molar refractivity (Wildman–Crippen MR) is 143 cm³/mol. The van der Waals surface area contributed by atoms with E-state index in [0.717, 1.165) is 28.7 Å². The van der Waals surface area contributed by atoms with Gasteiger partial charge < -0.3 is 9.47 Å². The molecule has 0 aliphatic heterocycles. The van der Waals surface area contributed by atoms with Gasteiger partial charge in [-0.3, -0.25) is 0 Å². The van der Waals surface area contributed by atoms with Gasteiger partial charge in [0.25, 0.3) is 0 Å². The molecule has 0 fully saturated rings. The molecule has 4 heteroatoms. The van der Waals surface area contributed by atoms with Crippen molar-refractivity contribution in [2.24, 2.45) is 5.92 Å². The van der Waals surface area contributed by atoms with Gasteiger partial charge in [-0.05, 0) is 59.7 Å². The first-order chi connectivity index (χ1) is 17.5. The van der Waals surface area contributed by atoms with E-state index in [-0.39, 0.29) is 11.5 Å². The van der Waals surface area contributed by atoms with Crippen LogP contribution in [0.25, 0.3) is 11.1 Å². The van der Waals surface area contributed by atoms with Crippen LogP contribution in [-0.4, -0.2) is 11.9 Å². The molecule has 0 N–H and O–H groups in total. The van der Waals surface area contributed by atoms with E-state index in [9.17, 15) is 9.59 Å². The molecule has 0 saturated carbocycles. The molecule has 4 nitrogen and oxygen atoms in total. The molecule has 0 aliphatic rings. The number of aryl methyl sites for hydroxylation is 1. The van der Waals surface area contributed by atoms with Crippen molar-refractivity contribution in [2.75, 3.05) is 0 Å². The number of esters is 2. The fourth-order valence-corrected chi connectivity index (χ4v) is 4.20. The number of hydrogen-bond donors (Lipinski definition) is 0. The Bertz CT molecular complexity index is 1330. The van der Waals surface area contributed by atoms with Crippen molar-refractivity contribution in [1.29, 1.82) is 0 Å². The van der Waals surface area contributed by atoms with Gasteiger partial charge in [-0.15, -0.1) is 0 Å². The molecule has 0 unspecified atom stereocenters. The van der Waals surface area contributed by atoms with E-state index >= 15 is 0 Å². The predicted octanol–water partition coefficient (Wildman–Crippen LogP) is 7.55. The molecule has 4 aromatic carbocycles. The molecule has 36 heavy (non-hydrogen) atoms. The Kier molecular flexibility index (Phi) is 7.96. The number of rotatable bonds is 8. The number of hydrogen-bond acceptors (Lipinski definition) is 4. The number of benzene rings is 4. The van der Waals surface area contributed by atoms with E-state index < -0.39 is 11.9 Å². The van der Waals surface area contributed by atoms with Gasteiger partial charge in [0.15, 0.2) is 11.5 Å². The van der Waals surface area contributed by atoms with Gasteiger partial charge in [-0.2, -0.15) is 0 Å². The zero-order valence-electron chi connectivity index (χ0n) is 20.9. The minimum atomic E-state index is -0.506. The largest absolute Gasteiger partial charge is 0.419 e. The third-order valence-electron chi connectivity index (χ3n) is 5.87. The number of carbonyl (C=O) groups is 2. The molecule has 4 rings (SSSR count). The molecule has 0 spiro atoms. The van der Waals surface area contributed by atoms with Crippen molar-refractivity contribution in [2.45, 2.75) is 33.6 Å². The Morgan fingerprint density at radius 3 is 1.61 bits per heavy atom. The molecule has 0 aliphatic carbocycles. The Balaban J connectivity index is 1.93. The van der Waals surface area contributed by atoms with Crippen molar-refractivity contribution in [3.63, 3.8) is 0 Å². The lowest BCUT2D eigenvalue weighted by Crippen LogP contribution is -2.16. The highest BCUT2D eigenvalue weighted by Crippen LogP contribution is 2.45. The van der Waals surface area contributed by atoms with Crippen molar-refractivity contribution >= 4 is 11.9 Å². The highest BCUT2D eigenvalue weighted by molar-refractivity contribution is 5.95. The van der Waals surface area contributed by atoms with Crippen molar-refractivity contribution in [1.82, 2.24) is 0 Å². The van der Waals surface area contributed by atoms with Crippen LogP contribution in [-0.2, 0) is 12.8 Å². The molecule has 0 heterocycles. The first-order valence-corrected chi connectivity index (χ1v) is 12.3. The SMILES string of the molecule is CCc1cc(CC(C)C)c(-c2ccccc2)c(OC(=O)c2ccccc2)c1OC(=O)c1ccccc1. The van der Waals surface area contributed by atoms with Crippen molar-refractivity contribution < 1.29 is 19.1 Å². The smallest absolute Gasteiger partial charge is 0.343 e. The Morgan fingerprint density at radius 1 is 0.667 bits per heavy atom. The topological polar surface area (TPSA) is 52.6 Å². The maximum Gasteiger partial charge on any atom is 0.343 e. The molecule has 0 radical (unpaired) electrons. The first kappa shape index (κ1) is 24.9. The van der Waals surface area contributed by atoms with E-state index in [2.05, 4.69) is 19.9 Å². The van der Waals surface area contributed by atoms with E-state index in [0.29, 0.717) is 23.5 Å². The first-order valence-electron chi connectivity index (χ1n) is 12.3. The lowest BCUT2D eigenvalue weighted by Gasteiger charge is -2.22. The molecule has 0 amide bonds. The van der Waals surface area contributed by atoms with E-state index in [1.165, 1.54) is 0 Å². The summed E-state index contributed by atoms with van der Waals surface area (Å²) >= 11 is 0. The average Bonchev–Trinajstić information content (AvgIpc) is 2.91. The van der Waals surface area contributed by atoms with Crippen LogP contribution in [0.3, 0.4) is 0 Å². The van der Waals surface area contributed by atoms with Crippen molar-refractivity contribution in [3.8, 4) is 22.6 Å². The fourth-order valence-electron chi connectivity index (χ4n) is 4.20. The van der Waals surface area contributed by atoms with E-state index in [1.54, 1.807) is 48.5 Å². The van der Waals surface area contributed by atoms with Crippen molar-refractivity contribution in [3.05, 3.63) is 119 Å². The van der Waals surface area contributed by atoms with Gasteiger partial charge in [-0.25, -0.2) is 9.59 Å². The van der Waals surface area contributed by atoms with Crippen LogP contribution in [0.5, 0.6) is 11.5 Å². The third kappa shape index (κ3) is 5.72. The molecule has 0 saturated heterocycles. The van der Waals surface area contributed by atoms with E-state index in [4.69, 9.17) is 9.47 Å². The molecule has 4 aromatic rings. The van der Waals surface area contributed by atoms with Gasteiger partial charge in [0, 0.05) is 5.56 Å². The summed E-state index contributed by atoms with van der Waals surface area (Å²) in [5.74, 6) is -0.0876. The third-order valence-corrected chi connectivity index (χ3v) is 5.87. The fraction of sp³-hybridized carbons (Fsp3) is 0.188. The zero-order chi connectivity index (χ0) is 25.5. The normalized spacial score (nSPS) is 10.8. The maximum atomic E-state index is 13.3. The Labute approximate surface area is 212 Å². The summed E-state index contributed by atoms with van der Waals surface area (Å²) in [5.41, 5.74) is 4.36. The quantitative estimate of drug-likeness (QED) is 0.194. The average molecular weight is 479 g/mol. The van der Waals surface area contributed by atoms with Gasteiger partial charge in [-0.1, -0.05) is 93.6 Å². The molecule has 0 bridgehead atoms. The number of carbonyl (C=O) groups excluding carboxylic acids is 2. The molecule has 0 atom stereocenters. The van der Waals surface area contributed by atoms with Crippen LogP contribution in [0.2, 0.25) is 0 Å². The van der Waals surface area contributed by atoms with Crippen LogP contribution < -0.4 is 9.47 Å². The second-order valence-corrected chi connectivity index (χ2v) is 9.06. The van der Waals surface area contributed by atoms with E-state index in [1.807, 2.05) is 49.4 Å². The van der Waals surface area contributed by atoms with Crippen LogP contribution in [0.1, 0.15) is 52.6 Å². The van der Waals surface area contributed by atoms with Crippen LogP contribution in [0.4, 0.5) is 0 Å². The monoisotopic (exact) mass is 478 g/mol. The minimum Gasteiger partial charge on any atom is -0.419 e. The molecule has 0 aromatic heterocycles. The summed E-state index contributed by atoms with van der Waals surface area (Å²) in [5, 5.41) is 0. The Morgan fingerprint density at radius 2 is 1.14 bits per heavy atom. The molecule has 182 valence electrons. The summed E-state index contributed by atoms with van der Waals surface area (Å²) in [6, 6.07) is 29.5. The second kappa shape index (κ2) is 11.5. The minimum absolute atomic E-state index is 0.273. The second-order valence-electron chi connectivity index (χ2n) is 9.06. The van der Waals surface area contributed by atoms with Gasteiger partial charge >= 0.3 is 11.9 Å². The summed E-state index contributed by atoms with van der Waals surface area (Å²) in [7, 11) is 0. The maximum absolute atomic E-state index is 13.3. The lowest BCUT2D eigenvalue weighted by atomic mass is 9.90. The number of ether oxygens (including phenoxy) is 2. The highest BCUT2D eigenvalue weighted by atomic mass is 16.6. The molecular weight excluding hydrogens is 448 g/mol. The van der Waals surface area contributed by atoms with Gasteiger partial charge in [0.2, 0.25) is 0 Å². The summed E-state index contributed by atoms with van der Waals surface area (Å²) in [6.07, 6.45) is 1.38. The van der Waals surface area contributed by atoms with Crippen LogP contribution >= 0.6 is 0 Å². The van der Waals surface area contributed by atoms with Crippen LogP contribution in [0, 0.1) is 5.92 Å². The van der Waals surface area contributed by atoms with Gasteiger partial charge in [0.05, 0.1) is 11.1 Å². The Hall–Kier alpha value is -4.18. The highest BCUT2D eigenvalue weighted by Gasteiger charge is 2.26. The standard InChI is InChI=1S/C32H30O4/c1-4-23-21-27(20-22(2)3)28(24-14-8-5-9-15-24)30(36-32(34)26-18-12-7-13-19-26)29(23)35-31(33)25-16-10-6-11-17-25/h5-19,21-22H,4,20H2,1-3H3. The van der Waals surface area contributed by atoms with Gasteiger partial charge in [0.1, 0.15) is 0 Å². The summed E-state index contributed by atoms with van der Waals surface area (Å²) in [4.78, 5) is 26.4. The summed E-state index contributed by atoms with van der Waals surface area (Å²) in [6.45, 7) is 6.30. The summed E-state index contributed by atoms with van der Waals surface area (Å²) < 4.78 is 12.1.